The molecule has 4 nitrogen and oxygen atoms in total. The van der Waals surface area contributed by atoms with E-state index in [-0.39, 0.29) is 16.8 Å². The monoisotopic (exact) mass is 329 g/mol. The Kier molecular flexibility index (Phi) is 4.63. The van der Waals surface area contributed by atoms with Crippen molar-refractivity contribution in [1.29, 1.82) is 0 Å². The molecule has 1 saturated heterocycles. The van der Waals surface area contributed by atoms with E-state index >= 15 is 0 Å². The minimum absolute atomic E-state index is 0.0262. The number of halogens is 1. The predicted octanol–water partition coefficient (Wildman–Crippen LogP) is 3.18. The van der Waals surface area contributed by atoms with Gasteiger partial charge in [-0.15, -0.1) is 0 Å². The molecule has 2 rings (SSSR count). The largest absolute Gasteiger partial charge is 0.336 e. The number of aryl methyl sites for hydroxylation is 1. The van der Waals surface area contributed by atoms with Gasteiger partial charge >= 0.3 is 0 Å². The first-order valence-corrected chi connectivity index (χ1v) is 9.37. The maximum absolute atomic E-state index is 12.7. The Morgan fingerprint density at radius 3 is 2.52 bits per heavy atom. The lowest BCUT2D eigenvalue weighted by Gasteiger charge is -2.37. The second-order valence-electron chi connectivity index (χ2n) is 5.90. The highest BCUT2D eigenvalue weighted by Crippen LogP contribution is 2.25. The lowest BCUT2D eigenvalue weighted by atomic mass is 9.94. The van der Waals surface area contributed by atoms with E-state index in [1.165, 1.54) is 12.1 Å². The Morgan fingerprint density at radius 1 is 1.29 bits per heavy atom. The van der Waals surface area contributed by atoms with E-state index < -0.39 is 9.05 Å². The molecule has 6 heteroatoms. The number of hydrogen-bond donors (Lipinski definition) is 0. The Balaban J connectivity index is 2.31. The first kappa shape index (κ1) is 16.3. The highest BCUT2D eigenvalue weighted by Gasteiger charge is 2.28. The molecule has 0 bridgehead atoms. The molecule has 1 fully saturated rings. The molecule has 1 aliphatic rings. The number of hydrogen-bond acceptors (Lipinski definition) is 3. The molecule has 0 spiro atoms. The van der Waals surface area contributed by atoms with Crippen molar-refractivity contribution in [2.75, 3.05) is 6.54 Å². The van der Waals surface area contributed by atoms with E-state index in [1.807, 2.05) is 4.90 Å². The van der Waals surface area contributed by atoms with Crippen LogP contribution in [0.2, 0.25) is 0 Å². The van der Waals surface area contributed by atoms with Crippen LogP contribution in [0.4, 0.5) is 0 Å². The van der Waals surface area contributed by atoms with E-state index in [0.29, 0.717) is 17.0 Å². The van der Waals surface area contributed by atoms with Crippen molar-refractivity contribution in [3.05, 3.63) is 29.3 Å². The molecule has 1 heterocycles. The standard InChI is InChI=1S/C15H20ClNO3S/c1-10-4-5-12(3)17(9-10)15(18)14-7-6-13(8-11(14)2)21(16,19)20/h6-8,10,12H,4-5,9H2,1-3H3. The second kappa shape index (κ2) is 5.97. The molecule has 1 amide bonds. The van der Waals surface area contributed by atoms with Gasteiger partial charge < -0.3 is 4.90 Å². The van der Waals surface area contributed by atoms with Gasteiger partial charge in [-0.25, -0.2) is 8.42 Å². The molecule has 2 atom stereocenters. The third-order valence-corrected chi connectivity index (χ3v) is 5.44. The van der Waals surface area contributed by atoms with Crippen LogP contribution in [0.25, 0.3) is 0 Å². The van der Waals surface area contributed by atoms with Crippen LogP contribution >= 0.6 is 10.7 Å². The summed E-state index contributed by atoms with van der Waals surface area (Å²) < 4.78 is 22.7. The molecule has 1 aliphatic heterocycles. The second-order valence-corrected chi connectivity index (χ2v) is 8.47. The molecule has 21 heavy (non-hydrogen) atoms. The van der Waals surface area contributed by atoms with Crippen LogP contribution in [0.1, 0.15) is 42.6 Å². The molecule has 2 unspecified atom stereocenters. The number of rotatable bonds is 2. The summed E-state index contributed by atoms with van der Waals surface area (Å²) >= 11 is 0. The van der Waals surface area contributed by atoms with Crippen molar-refractivity contribution in [3.63, 3.8) is 0 Å². The van der Waals surface area contributed by atoms with Crippen LogP contribution in [-0.4, -0.2) is 31.8 Å². The van der Waals surface area contributed by atoms with Gasteiger partial charge in [-0.3, -0.25) is 4.79 Å². The summed E-state index contributed by atoms with van der Waals surface area (Å²) in [5.41, 5.74) is 1.17. The van der Waals surface area contributed by atoms with E-state index in [4.69, 9.17) is 10.7 Å². The molecule has 0 saturated carbocycles. The maximum Gasteiger partial charge on any atom is 0.261 e. The molecule has 0 N–H and O–H groups in total. The van der Waals surface area contributed by atoms with Crippen LogP contribution in [0.15, 0.2) is 23.1 Å². The Hall–Kier alpha value is -1.07. The quantitative estimate of drug-likeness (QED) is 0.783. The zero-order valence-electron chi connectivity index (χ0n) is 12.5. The Labute approximate surface area is 130 Å². The van der Waals surface area contributed by atoms with Crippen molar-refractivity contribution in [2.24, 2.45) is 5.92 Å². The average Bonchev–Trinajstić information content (AvgIpc) is 2.39. The van der Waals surface area contributed by atoms with Gasteiger partial charge in [0, 0.05) is 28.8 Å². The molecule has 116 valence electrons. The topological polar surface area (TPSA) is 54.5 Å². The Bertz CT molecular complexity index is 657. The van der Waals surface area contributed by atoms with Crippen molar-refractivity contribution < 1.29 is 13.2 Å². The third kappa shape index (κ3) is 3.58. The number of piperidine rings is 1. The van der Waals surface area contributed by atoms with Crippen molar-refractivity contribution in [1.82, 2.24) is 4.90 Å². The zero-order chi connectivity index (χ0) is 15.8. The van der Waals surface area contributed by atoms with Crippen molar-refractivity contribution >= 4 is 25.6 Å². The van der Waals surface area contributed by atoms with E-state index in [9.17, 15) is 13.2 Å². The van der Waals surface area contributed by atoms with Crippen LogP contribution in [0.3, 0.4) is 0 Å². The summed E-state index contributed by atoms with van der Waals surface area (Å²) in [6.45, 7) is 6.67. The molecule has 1 aromatic carbocycles. The first-order chi connectivity index (χ1) is 9.70. The van der Waals surface area contributed by atoms with Crippen LogP contribution in [-0.2, 0) is 9.05 Å². The molecule has 0 radical (unpaired) electrons. The number of amides is 1. The van der Waals surface area contributed by atoms with Gasteiger partial charge in [-0.1, -0.05) is 6.92 Å². The molecular weight excluding hydrogens is 310 g/mol. The number of benzene rings is 1. The van der Waals surface area contributed by atoms with Crippen LogP contribution in [0.5, 0.6) is 0 Å². The fourth-order valence-electron chi connectivity index (χ4n) is 2.75. The highest BCUT2D eigenvalue weighted by atomic mass is 35.7. The minimum atomic E-state index is -3.76. The van der Waals surface area contributed by atoms with Gasteiger partial charge in [0.1, 0.15) is 0 Å². The third-order valence-electron chi connectivity index (χ3n) is 4.09. The van der Waals surface area contributed by atoms with Crippen molar-refractivity contribution in [2.45, 2.75) is 44.6 Å². The molecular formula is C15H20ClNO3S. The summed E-state index contributed by atoms with van der Waals surface area (Å²) in [7, 11) is 1.57. The lowest BCUT2D eigenvalue weighted by molar-refractivity contribution is 0.0573. The SMILES string of the molecule is Cc1cc(S(=O)(=O)Cl)ccc1C(=O)N1CC(C)CCC1C. The molecule has 0 aliphatic carbocycles. The fourth-order valence-corrected chi connectivity index (χ4v) is 3.59. The zero-order valence-corrected chi connectivity index (χ0v) is 14.0. The fraction of sp³-hybridized carbons (Fsp3) is 0.533. The molecule has 1 aromatic rings. The normalized spacial score (nSPS) is 23.1. The van der Waals surface area contributed by atoms with Crippen molar-refractivity contribution in [3.8, 4) is 0 Å². The number of likely N-dealkylation sites (tertiary alicyclic amines) is 1. The van der Waals surface area contributed by atoms with Crippen LogP contribution < -0.4 is 0 Å². The first-order valence-electron chi connectivity index (χ1n) is 7.06. The minimum Gasteiger partial charge on any atom is -0.336 e. The number of carbonyl (C=O) groups is 1. The summed E-state index contributed by atoms with van der Waals surface area (Å²) in [5.74, 6) is 0.456. The smallest absolute Gasteiger partial charge is 0.261 e. The van der Waals surface area contributed by atoms with Crippen LogP contribution in [0, 0.1) is 12.8 Å². The summed E-state index contributed by atoms with van der Waals surface area (Å²) in [6, 6.07) is 4.61. The maximum atomic E-state index is 12.7. The van der Waals surface area contributed by atoms with Gasteiger partial charge in [-0.2, -0.15) is 0 Å². The summed E-state index contributed by atoms with van der Waals surface area (Å²) in [6.07, 6.45) is 2.13. The van der Waals surface area contributed by atoms with Gasteiger partial charge in [0.2, 0.25) is 0 Å². The lowest BCUT2D eigenvalue weighted by Crippen LogP contribution is -2.45. The highest BCUT2D eigenvalue weighted by molar-refractivity contribution is 8.13. The van der Waals surface area contributed by atoms with Gasteiger partial charge in [-0.05, 0) is 56.4 Å². The summed E-state index contributed by atoms with van der Waals surface area (Å²) in [5, 5.41) is 0. The summed E-state index contributed by atoms with van der Waals surface area (Å²) in [4.78, 5) is 14.6. The number of carbonyl (C=O) groups excluding carboxylic acids is 1. The number of nitrogens with zero attached hydrogens (tertiary/aromatic N) is 1. The van der Waals surface area contributed by atoms with Gasteiger partial charge in [0.15, 0.2) is 0 Å². The van der Waals surface area contributed by atoms with E-state index in [2.05, 4.69) is 13.8 Å². The average molecular weight is 330 g/mol. The Morgan fingerprint density at radius 2 is 1.95 bits per heavy atom. The predicted molar refractivity (Wildman–Crippen MR) is 83.1 cm³/mol. The molecule has 0 aromatic heterocycles. The van der Waals surface area contributed by atoms with Gasteiger partial charge in [0.25, 0.3) is 15.0 Å². The van der Waals surface area contributed by atoms with E-state index in [0.717, 1.165) is 19.4 Å². The van der Waals surface area contributed by atoms with Gasteiger partial charge in [0.05, 0.1) is 4.90 Å². The van der Waals surface area contributed by atoms with E-state index in [1.54, 1.807) is 13.0 Å².